The van der Waals surface area contributed by atoms with Crippen LogP contribution in [0.5, 0.6) is 0 Å². The van der Waals surface area contributed by atoms with Gasteiger partial charge in [-0.1, -0.05) is 13.8 Å². The molecule has 1 N–H and O–H groups in total. The monoisotopic (exact) mass is 194 g/mol. The summed E-state index contributed by atoms with van der Waals surface area (Å²) in [5, 5.41) is 3.20. The average Bonchev–Trinajstić information content (AvgIpc) is 1.96. The van der Waals surface area contributed by atoms with Crippen LogP contribution >= 0.6 is 0 Å². The second kappa shape index (κ2) is 7.21. The first-order valence-corrected chi connectivity index (χ1v) is 4.69. The molecule has 0 fully saturated rings. The number of alkyl halides is 2. The molecule has 0 aromatic carbocycles. The summed E-state index contributed by atoms with van der Waals surface area (Å²) in [6.45, 7) is 6.51. The minimum atomic E-state index is -2.23. The highest BCUT2D eigenvalue weighted by molar-refractivity contribution is 4.57. The molecule has 0 aliphatic carbocycles. The molecule has 0 atom stereocenters. The summed E-state index contributed by atoms with van der Waals surface area (Å²) in [4.78, 5) is 1.64. The number of likely N-dealkylation sites (N-methyl/N-ethyl adjacent to an activating group) is 1. The number of rotatable bonds is 7. The summed E-state index contributed by atoms with van der Waals surface area (Å²) in [5.41, 5.74) is 0. The van der Waals surface area contributed by atoms with Crippen LogP contribution in [0.1, 0.15) is 13.8 Å². The molecule has 13 heavy (non-hydrogen) atoms. The standard InChI is InChI=1S/C9H20F2N2/c1-8(2)6-12-4-5-13(3)7-9(10)11/h8-9,12H,4-7H2,1-3H3. The largest absolute Gasteiger partial charge is 0.315 e. The van der Waals surface area contributed by atoms with Crippen molar-refractivity contribution < 1.29 is 8.78 Å². The summed E-state index contributed by atoms with van der Waals surface area (Å²) in [7, 11) is 1.71. The second-order valence-corrected chi connectivity index (χ2v) is 3.75. The van der Waals surface area contributed by atoms with Crippen molar-refractivity contribution in [2.75, 3.05) is 33.2 Å². The van der Waals surface area contributed by atoms with Crippen LogP contribution in [0.2, 0.25) is 0 Å². The molecule has 2 nitrogen and oxygen atoms in total. The van der Waals surface area contributed by atoms with Crippen molar-refractivity contribution in [1.29, 1.82) is 0 Å². The fourth-order valence-electron chi connectivity index (χ4n) is 0.988. The van der Waals surface area contributed by atoms with Crippen molar-refractivity contribution in [1.82, 2.24) is 10.2 Å². The van der Waals surface area contributed by atoms with Crippen molar-refractivity contribution >= 4 is 0 Å². The summed E-state index contributed by atoms with van der Waals surface area (Å²) < 4.78 is 23.7. The van der Waals surface area contributed by atoms with Gasteiger partial charge in [-0.05, 0) is 19.5 Å². The maximum atomic E-state index is 11.9. The Balaban J connectivity index is 3.22. The number of halogens is 2. The van der Waals surface area contributed by atoms with Crippen molar-refractivity contribution in [2.45, 2.75) is 20.3 Å². The summed E-state index contributed by atoms with van der Waals surface area (Å²) in [5.74, 6) is 0.611. The van der Waals surface area contributed by atoms with Crippen LogP contribution in [0, 0.1) is 5.92 Å². The van der Waals surface area contributed by atoms with E-state index in [1.165, 1.54) is 0 Å². The Morgan fingerprint density at radius 3 is 2.38 bits per heavy atom. The van der Waals surface area contributed by atoms with Gasteiger partial charge in [0.1, 0.15) is 0 Å². The molecule has 0 saturated heterocycles. The Bertz CT molecular complexity index is 118. The van der Waals surface area contributed by atoms with E-state index < -0.39 is 6.43 Å². The molecule has 80 valence electrons. The predicted molar refractivity (Wildman–Crippen MR) is 51.2 cm³/mol. The first kappa shape index (κ1) is 12.8. The molecule has 0 bridgehead atoms. The zero-order chi connectivity index (χ0) is 10.3. The predicted octanol–water partition coefficient (Wildman–Crippen LogP) is 1.43. The van der Waals surface area contributed by atoms with E-state index in [1.54, 1.807) is 11.9 Å². The Hall–Kier alpha value is -0.220. The first-order valence-electron chi connectivity index (χ1n) is 4.69. The van der Waals surface area contributed by atoms with E-state index in [2.05, 4.69) is 19.2 Å². The van der Waals surface area contributed by atoms with E-state index in [4.69, 9.17) is 0 Å². The van der Waals surface area contributed by atoms with E-state index in [0.29, 0.717) is 12.5 Å². The lowest BCUT2D eigenvalue weighted by molar-refractivity contribution is 0.101. The quantitative estimate of drug-likeness (QED) is 0.617. The lowest BCUT2D eigenvalue weighted by Crippen LogP contribution is -2.33. The molecule has 0 aromatic rings. The third-order valence-corrected chi connectivity index (χ3v) is 1.67. The highest BCUT2D eigenvalue weighted by Crippen LogP contribution is 1.94. The van der Waals surface area contributed by atoms with Crippen LogP contribution in [0.15, 0.2) is 0 Å². The van der Waals surface area contributed by atoms with Crippen molar-refractivity contribution in [3.63, 3.8) is 0 Å². The van der Waals surface area contributed by atoms with Crippen molar-refractivity contribution in [3.05, 3.63) is 0 Å². The lowest BCUT2D eigenvalue weighted by Gasteiger charge is -2.16. The van der Waals surface area contributed by atoms with Crippen LogP contribution in [0.4, 0.5) is 8.78 Å². The fraction of sp³-hybridized carbons (Fsp3) is 1.00. The highest BCUT2D eigenvalue weighted by atomic mass is 19.3. The molecule has 4 heteroatoms. The van der Waals surface area contributed by atoms with Crippen LogP contribution in [0.25, 0.3) is 0 Å². The fourth-order valence-corrected chi connectivity index (χ4v) is 0.988. The summed E-state index contributed by atoms with van der Waals surface area (Å²) in [6, 6.07) is 0. The summed E-state index contributed by atoms with van der Waals surface area (Å²) in [6.07, 6.45) is -2.23. The second-order valence-electron chi connectivity index (χ2n) is 3.75. The van der Waals surface area contributed by atoms with Crippen LogP contribution in [0.3, 0.4) is 0 Å². The van der Waals surface area contributed by atoms with Crippen molar-refractivity contribution in [3.8, 4) is 0 Å². The Morgan fingerprint density at radius 2 is 1.92 bits per heavy atom. The Labute approximate surface area is 79.3 Å². The third kappa shape index (κ3) is 9.70. The van der Waals surface area contributed by atoms with Gasteiger partial charge in [-0.2, -0.15) is 0 Å². The van der Waals surface area contributed by atoms with Gasteiger partial charge in [-0.15, -0.1) is 0 Å². The zero-order valence-electron chi connectivity index (χ0n) is 8.69. The molecule has 0 spiro atoms. The van der Waals surface area contributed by atoms with Gasteiger partial charge in [-0.25, -0.2) is 8.78 Å². The van der Waals surface area contributed by atoms with Gasteiger partial charge in [-0.3, -0.25) is 4.90 Å². The SMILES string of the molecule is CC(C)CNCCN(C)CC(F)F. The average molecular weight is 194 g/mol. The van der Waals surface area contributed by atoms with Gasteiger partial charge in [0.05, 0.1) is 6.54 Å². The molecule has 0 amide bonds. The third-order valence-electron chi connectivity index (χ3n) is 1.67. The van der Waals surface area contributed by atoms with E-state index >= 15 is 0 Å². The minimum absolute atomic E-state index is 0.136. The van der Waals surface area contributed by atoms with Gasteiger partial charge >= 0.3 is 0 Å². The van der Waals surface area contributed by atoms with Gasteiger partial charge in [0.25, 0.3) is 6.43 Å². The lowest BCUT2D eigenvalue weighted by atomic mass is 10.2. The van der Waals surface area contributed by atoms with E-state index in [1.807, 2.05) is 0 Å². The Morgan fingerprint density at radius 1 is 1.31 bits per heavy atom. The minimum Gasteiger partial charge on any atom is -0.315 e. The van der Waals surface area contributed by atoms with Gasteiger partial charge in [0.15, 0.2) is 0 Å². The molecule has 0 saturated carbocycles. The van der Waals surface area contributed by atoms with E-state index in [-0.39, 0.29) is 6.54 Å². The molecule has 0 unspecified atom stereocenters. The smallest absolute Gasteiger partial charge is 0.251 e. The van der Waals surface area contributed by atoms with Crippen LogP contribution < -0.4 is 5.32 Å². The van der Waals surface area contributed by atoms with E-state index in [9.17, 15) is 8.78 Å². The maximum Gasteiger partial charge on any atom is 0.251 e. The first-order chi connectivity index (χ1) is 6.02. The van der Waals surface area contributed by atoms with Gasteiger partial charge in [0, 0.05) is 13.1 Å². The number of hydrogen-bond donors (Lipinski definition) is 1. The van der Waals surface area contributed by atoms with Crippen molar-refractivity contribution in [2.24, 2.45) is 5.92 Å². The number of nitrogens with one attached hydrogen (secondary N) is 1. The topological polar surface area (TPSA) is 15.3 Å². The molecule has 0 aliphatic rings. The normalized spacial score (nSPS) is 12.0. The van der Waals surface area contributed by atoms with Crippen LogP contribution in [-0.4, -0.2) is 44.6 Å². The van der Waals surface area contributed by atoms with Crippen LogP contribution in [-0.2, 0) is 0 Å². The molecule has 0 heterocycles. The van der Waals surface area contributed by atoms with E-state index in [0.717, 1.165) is 13.1 Å². The highest BCUT2D eigenvalue weighted by Gasteiger charge is 2.06. The summed E-state index contributed by atoms with van der Waals surface area (Å²) >= 11 is 0. The molecule has 0 radical (unpaired) electrons. The molecular formula is C9H20F2N2. The number of hydrogen-bond acceptors (Lipinski definition) is 2. The maximum absolute atomic E-state index is 11.9. The van der Waals surface area contributed by atoms with Gasteiger partial charge < -0.3 is 5.32 Å². The molecule has 0 aromatic heterocycles. The van der Waals surface area contributed by atoms with Gasteiger partial charge in [0.2, 0.25) is 0 Å². The Kier molecular flexibility index (Phi) is 7.09. The molecule has 0 rings (SSSR count). The molecule has 0 aliphatic heterocycles. The molecular weight excluding hydrogens is 174 g/mol. The zero-order valence-corrected chi connectivity index (χ0v) is 8.69. The number of nitrogens with zero attached hydrogens (tertiary/aromatic N) is 1.